The van der Waals surface area contributed by atoms with Crippen LogP contribution in [-0.4, -0.2) is 6.54 Å². The van der Waals surface area contributed by atoms with Crippen LogP contribution in [0, 0.1) is 0 Å². The third-order valence-corrected chi connectivity index (χ3v) is 3.66. The molecule has 0 heterocycles. The lowest BCUT2D eigenvalue weighted by atomic mass is 9.79. The summed E-state index contributed by atoms with van der Waals surface area (Å²) in [7, 11) is 0. The van der Waals surface area contributed by atoms with Gasteiger partial charge in [-0.25, -0.2) is 0 Å². The Balaban J connectivity index is 2.10. The fourth-order valence-corrected chi connectivity index (χ4v) is 2.28. The van der Waals surface area contributed by atoms with Crippen molar-refractivity contribution in [3.63, 3.8) is 0 Å². The molecule has 0 radical (unpaired) electrons. The van der Waals surface area contributed by atoms with Gasteiger partial charge in [-0.2, -0.15) is 0 Å². The van der Waals surface area contributed by atoms with Crippen LogP contribution >= 0.6 is 0 Å². The van der Waals surface area contributed by atoms with Crippen molar-refractivity contribution in [3.05, 3.63) is 35.4 Å². The van der Waals surface area contributed by atoms with Crippen molar-refractivity contribution in [2.45, 2.75) is 44.4 Å². The molecule has 1 aliphatic rings. The van der Waals surface area contributed by atoms with Gasteiger partial charge < -0.3 is 5.73 Å². The van der Waals surface area contributed by atoms with Gasteiger partial charge in [0, 0.05) is 0 Å². The Morgan fingerprint density at radius 2 is 2.20 bits per heavy atom. The quantitative estimate of drug-likeness (QED) is 0.797. The average Bonchev–Trinajstić information content (AvgIpc) is 2.16. The minimum atomic E-state index is 0.607. The van der Waals surface area contributed by atoms with Crippen LogP contribution < -0.4 is 5.73 Å². The van der Waals surface area contributed by atoms with Gasteiger partial charge in [-0.1, -0.05) is 37.6 Å². The molecule has 1 heteroatoms. The summed E-state index contributed by atoms with van der Waals surface area (Å²) in [6.07, 6.45) is 5.27. The highest BCUT2D eigenvalue weighted by Gasteiger charge is 2.19. The van der Waals surface area contributed by atoms with Crippen molar-refractivity contribution in [3.8, 4) is 0 Å². The fourth-order valence-electron chi connectivity index (χ4n) is 2.28. The van der Waals surface area contributed by atoms with Gasteiger partial charge in [-0.15, -0.1) is 0 Å². The maximum absolute atomic E-state index is 5.60. The van der Waals surface area contributed by atoms with Crippen molar-refractivity contribution in [1.29, 1.82) is 0 Å². The van der Waals surface area contributed by atoms with E-state index in [1.165, 1.54) is 24.8 Å². The summed E-state index contributed by atoms with van der Waals surface area (Å²) < 4.78 is 0. The van der Waals surface area contributed by atoms with E-state index in [1.54, 1.807) is 5.56 Å². The van der Waals surface area contributed by atoms with Gasteiger partial charge in [0.05, 0.1) is 0 Å². The molecule has 2 rings (SSSR count). The molecular formula is C14H21N. The largest absolute Gasteiger partial charge is 0.330 e. The number of benzene rings is 1. The predicted molar refractivity (Wildman–Crippen MR) is 65.1 cm³/mol. The third kappa shape index (κ3) is 2.40. The Bertz CT molecular complexity index is 315. The van der Waals surface area contributed by atoms with Gasteiger partial charge in [0.2, 0.25) is 0 Å². The molecule has 0 bridgehead atoms. The highest BCUT2D eigenvalue weighted by atomic mass is 14.5. The highest BCUT2D eigenvalue weighted by Crippen LogP contribution is 2.37. The lowest BCUT2D eigenvalue weighted by Crippen LogP contribution is -2.10. The zero-order valence-electron chi connectivity index (χ0n) is 9.58. The van der Waals surface area contributed by atoms with Gasteiger partial charge in [0.1, 0.15) is 0 Å². The Morgan fingerprint density at radius 3 is 2.80 bits per heavy atom. The summed E-state index contributed by atoms with van der Waals surface area (Å²) in [5, 5.41) is 0. The van der Waals surface area contributed by atoms with Crippen LogP contribution in [0.4, 0.5) is 0 Å². The van der Waals surface area contributed by atoms with Crippen LogP contribution in [0.1, 0.15) is 55.6 Å². The third-order valence-electron chi connectivity index (χ3n) is 3.66. The van der Waals surface area contributed by atoms with E-state index in [9.17, 15) is 0 Å². The molecule has 1 aliphatic carbocycles. The first kappa shape index (κ1) is 10.7. The minimum absolute atomic E-state index is 0.607. The van der Waals surface area contributed by atoms with Crippen LogP contribution in [0.25, 0.3) is 0 Å². The molecule has 1 unspecified atom stereocenters. The lowest BCUT2D eigenvalue weighted by Gasteiger charge is -2.26. The molecule has 0 saturated heterocycles. The van der Waals surface area contributed by atoms with Crippen LogP contribution in [0.2, 0.25) is 0 Å². The minimum Gasteiger partial charge on any atom is -0.330 e. The highest BCUT2D eigenvalue weighted by molar-refractivity contribution is 5.29. The number of rotatable bonds is 4. The van der Waals surface area contributed by atoms with Crippen LogP contribution in [0.3, 0.4) is 0 Å². The topological polar surface area (TPSA) is 26.0 Å². The second-order valence-corrected chi connectivity index (χ2v) is 4.78. The first-order valence-electron chi connectivity index (χ1n) is 6.11. The SMILES string of the molecule is CC(CCN)c1cccc(C2CCC2)c1. The summed E-state index contributed by atoms with van der Waals surface area (Å²) in [4.78, 5) is 0. The van der Waals surface area contributed by atoms with Crippen molar-refractivity contribution in [2.75, 3.05) is 6.54 Å². The maximum Gasteiger partial charge on any atom is -0.00715 e. The zero-order valence-corrected chi connectivity index (χ0v) is 9.58. The molecule has 15 heavy (non-hydrogen) atoms. The fraction of sp³-hybridized carbons (Fsp3) is 0.571. The van der Waals surface area contributed by atoms with Crippen LogP contribution in [0.15, 0.2) is 24.3 Å². The summed E-state index contributed by atoms with van der Waals surface area (Å²) >= 11 is 0. The molecule has 0 aromatic heterocycles. The number of nitrogens with two attached hydrogens (primary N) is 1. The van der Waals surface area contributed by atoms with Crippen molar-refractivity contribution >= 4 is 0 Å². The van der Waals surface area contributed by atoms with E-state index in [2.05, 4.69) is 31.2 Å². The Hall–Kier alpha value is -0.820. The van der Waals surface area contributed by atoms with Gasteiger partial charge in [0.25, 0.3) is 0 Å². The van der Waals surface area contributed by atoms with E-state index in [1.807, 2.05) is 0 Å². The molecule has 0 aliphatic heterocycles. The number of hydrogen-bond acceptors (Lipinski definition) is 1. The molecule has 1 saturated carbocycles. The molecule has 82 valence electrons. The lowest BCUT2D eigenvalue weighted by molar-refractivity contribution is 0.419. The Kier molecular flexibility index (Phi) is 3.42. The van der Waals surface area contributed by atoms with Crippen molar-refractivity contribution in [2.24, 2.45) is 5.73 Å². The molecule has 1 aromatic rings. The first-order valence-corrected chi connectivity index (χ1v) is 6.11. The van der Waals surface area contributed by atoms with Gasteiger partial charge >= 0.3 is 0 Å². The standard InChI is InChI=1S/C14H21N/c1-11(8-9-15)13-6-3-7-14(10-13)12-4-2-5-12/h3,6-7,10-12H,2,4-5,8-9,15H2,1H3. The van der Waals surface area contributed by atoms with Gasteiger partial charge in [0.15, 0.2) is 0 Å². The Labute approximate surface area is 92.7 Å². The molecule has 1 nitrogen and oxygen atoms in total. The zero-order chi connectivity index (χ0) is 10.7. The predicted octanol–water partition coefficient (Wildman–Crippen LogP) is 3.41. The van der Waals surface area contributed by atoms with E-state index in [0.717, 1.165) is 18.9 Å². The first-order chi connectivity index (χ1) is 7.31. The van der Waals surface area contributed by atoms with E-state index in [4.69, 9.17) is 5.73 Å². The molecule has 0 spiro atoms. The second kappa shape index (κ2) is 4.80. The van der Waals surface area contributed by atoms with E-state index in [0.29, 0.717) is 5.92 Å². The second-order valence-electron chi connectivity index (χ2n) is 4.78. The van der Waals surface area contributed by atoms with Gasteiger partial charge in [-0.3, -0.25) is 0 Å². The van der Waals surface area contributed by atoms with E-state index < -0.39 is 0 Å². The summed E-state index contributed by atoms with van der Waals surface area (Å²) in [6.45, 7) is 3.06. The normalized spacial score (nSPS) is 18.5. The molecule has 1 aromatic carbocycles. The maximum atomic E-state index is 5.60. The van der Waals surface area contributed by atoms with Crippen LogP contribution in [0.5, 0.6) is 0 Å². The number of hydrogen-bond donors (Lipinski definition) is 1. The molecule has 1 atom stereocenters. The average molecular weight is 203 g/mol. The molecule has 0 amide bonds. The molecule has 1 fully saturated rings. The molecule has 2 N–H and O–H groups in total. The van der Waals surface area contributed by atoms with E-state index >= 15 is 0 Å². The van der Waals surface area contributed by atoms with Crippen molar-refractivity contribution in [1.82, 2.24) is 0 Å². The smallest absolute Gasteiger partial charge is 0.00715 e. The Morgan fingerprint density at radius 1 is 1.40 bits per heavy atom. The molecular weight excluding hydrogens is 182 g/mol. The monoisotopic (exact) mass is 203 g/mol. The van der Waals surface area contributed by atoms with Crippen molar-refractivity contribution < 1.29 is 0 Å². The van der Waals surface area contributed by atoms with Crippen LogP contribution in [-0.2, 0) is 0 Å². The van der Waals surface area contributed by atoms with Gasteiger partial charge in [-0.05, 0) is 48.8 Å². The van der Waals surface area contributed by atoms with E-state index in [-0.39, 0.29) is 0 Å². The summed E-state index contributed by atoms with van der Waals surface area (Å²) in [5.41, 5.74) is 8.61. The summed E-state index contributed by atoms with van der Waals surface area (Å²) in [5.74, 6) is 1.45. The summed E-state index contributed by atoms with van der Waals surface area (Å²) in [6, 6.07) is 9.12.